The number of nitrogens with zero attached hydrogens (tertiary/aromatic N) is 3. The van der Waals surface area contributed by atoms with Crippen molar-refractivity contribution in [2.24, 2.45) is 17.8 Å². The van der Waals surface area contributed by atoms with Crippen molar-refractivity contribution in [3.8, 4) is 11.5 Å². The number of aromatic nitrogens is 1. The van der Waals surface area contributed by atoms with Gasteiger partial charge in [0.15, 0.2) is 17.4 Å². The molecule has 2 aromatic rings. The van der Waals surface area contributed by atoms with Crippen LogP contribution in [0.25, 0.3) is 0 Å². The molecule has 228 valence electrons. The van der Waals surface area contributed by atoms with Crippen LogP contribution in [0.5, 0.6) is 11.5 Å². The molecule has 0 bridgehead atoms. The Bertz CT molecular complexity index is 1760. The Labute approximate surface area is 254 Å². The van der Waals surface area contributed by atoms with Gasteiger partial charge in [-0.15, -0.1) is 0 Å². The highest BCUT2D eigenvalue weighted by molar-refractivity contribution is 6.33. The van der Waals surface area contributed by atoms with E-state index >= 15 is 0 Å². The van der Waals surface area contributed by atoms with Gasteiger partial charge < -0.3 is 9.84 Å². The fourth-order valence-corrected chi connectivity index (χ4v) is 7.05. The van der Waals surface area contributed by atoms with Crippen LogP contribution in [0.4, 0.5) is 19.0 Å². The average molecular weight is 628 g/mol. The first kappa shape index (κ1) is 29.6. The number of pyridine rings is 1. The van der Waals surface area contributed by atoms with E-state index in [0.717, 1.165) is 16.1 Å². The molecule has 2 heterocycles. The first-order chi connectivity index (χ1) is 20.7. The van der Waals surface area contributed by atoms with Crippen LogP contribution in [0.2, 0.25) is 5.02 Å². The summed E-state index contributed by atoms with van der Waals surface area (Å²) in [6, 6.07) is 6.26. The molecule has 13 heteroatoms. The number of allylic oxidation sites excluding steroid dienone is 6. The van der Waals surface area contributed by atoms with Crippen LogP contribution in [0.3, 0.4) is 0 Å². The third-order valence-electron chi connectivity index (χ3n) is 8.81. The number of amides is 2. The summed E-state index contributed by atoms with van der Waals surface area (Å²) in [5.41, 5.74) is 0.307. The van der Waals surface area contributed by atoms with Crippen molar-refractivity contribution in [3.63, 3.8) is 0 Å². The zero-order valence-electron chi connectivity index (χ0n) is 23.6. The van der Waals surface area contributed by atoms with E-state index in [4.69, 9.17) is 16.3 Å². The molecule has 1 N–H and O–H groups in total. The number of hydrogen-bond acceptors (Lipinski definition) is 8. The van der Waals surface area contributed by atoms with Gasteiger partial charge in [-0.05, 0) is 50.0 Å². The smallest absolute Gasteiger partial charge is 0.433 e. The molecule has 3 aliphatic carbocycles. The molecule has 1 saturated heterocycles. The van der Waals surface area contributed by atoms with Crippen molar-refractivity contribution in [2.45, 2.75) is 31.9 Å². The Morgan fingerprint density at radius 3 is 2.48 bits per heavy atom. The number of alkyl halides is 3. The minimum absolute atomic E-state index is 0.00928. The van der Waals surface area contributed by atoms with Crippen molar-refractivity contribution in [1.29, 1.82) is 0 Å². The number of carbonyl (C=O) groups excluding carboxylic acids is 4. The topological polar surface area (TPSA) is 117 Å². The number of hydrazine groups is 1. The molecular weight excluding hydrogens is 603 g/mol. The number of phenols is 1. The largest absolute Gasteiger partial charge is 0.507 e. The number of fused-ring (bicyclic) bond motifs is 3. The quantitative estimate of drug-likeness (QED) is 0.288. The molecule has 1 aromatic heterocycles. The summed E-state index contributed by atoms with van der Waals surface area (Å²) in [4.78, 5) is 58.2. The van der Waals surface area contributed by atoms with Gasteiger partial charge in [-0.2, -0.15) is 18.2 Å². The van der Waals surface area contributed by atoms with Crippen LogP contribution >= 0.6 is 11.6 Å². The molecule has 2 amide bonds. The molecule has 1 aromatic carbocycles. The van der Waals surface area contributed by atoms with E-state index in [1.807, 2.05) is 0 Å². The number of rotatable bonds is 4. The van der Waals surface area contributed by atoms with Crippen molar-refractivity contribution < 1.29 is 42.2 Å². The van der Waals surface area contributed by atoms with Gasteiger partial charge in [0.05, 0.1) is 24.0 Å². The Balaban J connectivity index is 1.44. The zero-order valence-corrected chi connectivity index (χ0v) is 24.4. The van der Waals surface area contributed by atoms with E-state index in [-0.39, 0.29) is 51.9 Å². The monoisotopic (exact) mass is 627 g/mol. The lowest BCUT2D eigenvalue weighted by molar-refractivity contribution is -0.141. The van der Waals surface area contributed by atoms with E-state index in [1.165, 1.54) is 33.2 Å². The summed E-state index contributed by atoms with van der Waals surface area (Å²) < 4.78 is 45.5. The molecule has 1 aliphatic heterocycles. The highest BCUT2D eigenvalue weighted by Crippen LogP contribution is 2.56. The Morgan fingerprint density at radius 1 is 1.09 bits per heavy atom. The number of imide groups is 1. The number of ether oxygens (including phenoxy) is 1. The number of halogens is 4. The van der Waals surface area contributed by atoms with Crippen LogP contribution in [0.1, 0.15) is 36.9 Å². The van der Waals surface area contributed by atoms with Crippen LogP contribution in [-0.2, 0) is 25.4 Å². The molecule has 4 atom stereocenters. The maximum atomic E-state index is 14.1. The van der Waals surface area contributed by atoms with Crippen LogP contribution in [-0.4, -0.2) is 52.6 Å². The fourth-order valence-electron chi connectivity index (χ4n) is 6.82. The van der Waals surface area contributed by atoms with Gasteiger partial charge in [0, 0.05) is 41.3 Å². The van der Waals surface area contributed by atoms with E-state index in [1.54, 1.807) is 18.2 Å². The zero-order chi connectivity index (χ0) is 31.8. The lowest BCUT2D eigenvalue weighted by Crippen LogP contribution is -2.46. The SMILES string of the molecule is COc1ccc([C@H]2C3=CC[C@@H]4C(=O)N(N(C)c5nc(C(F)(F)F)ccc5Cl)C(=O)[C@@H]4[C@@H]3CC3=C2C(=O)C=C(C)C3=O)c(O)c1. The summed E-state index contributed by atoms with van der Waals surface area (Å²) >= 11 is 6.18. The lowest BCUT2D eigenvalue weighted by atomic mass is 9.59. The molecule has 0 spiro atoms. The molecule has 9 nitrogen and oxygen atoms in total. The number of ketones is 2. The molecule has 0 radical (unpaired) electrons. The molecule has 4 aliphatic rings. The first-order valence-corrected chi connectivity index (χ1v) is 14.0. The summed E-state index contributed by atoms with van der Waals surface area (Å²) in [5, 5.41) is 12.5. The fraction of sp³-hybridized carbons (Fsp3) is 0.323. The lowest BCUT2D eigenvalue weighted by Gasteiger charge is -2.42. The van der Waals surface area contributed by atoms with Gasteiger partial charge in [0.2, 0.25) is 0 Å². The normalized spacial score (nSPS) is 24.9. The molecular formula is C31H25ClF3N3O6. The number of hydrogen-bond donors (Lipinski definition) is 1. The van der Waals surface area contributed by atoms with Crippen molar-refractivity contribution in [2.75, 3.05) is 19.2 Å². The van der Waals surface area contributed by atoms with Gasteiger partial charge in [-0.1, -0.05) is 29.3 Å². The van der Waals surface area contributed by atoms with Crippen molar-refractivity contribution in [3.05, 3.63) is 81.1 Å². The van der Waals surface area contributed by atoms with Gasteiger partial charge in [0.1, 0.15) is 17.2 Å². The third kappa shape index (κ3) is 4.42. The molecule has 6 rings (SSSR count). The number of benzene rings is 1. The first-order valence-electron chi connectivity index (χ1n) is 13.7. The summed E-state index contributed by atoms with van der Waals surface area (Å²) in [7, 11) is 2.66. The van der Waals surface area contributed by atoms with Gasteiger partial charge in [-0.25, -0.2) is 4.98 Å². The minimum Gasteiger partial charge on any atom is -0.507 e. The highest BCUT2D eigenvalue weighted by Gasteiger charge is 2.58. The van der Waals surface area contributed by atoms with Gasteiger partial charge in [-0.3, -0.25) is 24.2 Å². The predicted octanol–water partition coefficient (Wildman–Crippen LogP) is 4.95. The van der Waals surface area contributed by atoms with Gasteiger partial charge >= 0.3 is 6.18 Å². The Morgan fingerprint density at radius 2 is 1.82 bits per heavy atom. The second-order valence-electron chi connectivity index (χ2n) is 11.2. The average Bonchev–Trinajstić information content (AvgIpc) is 3.23. The number of Topliss-reactive ketones (excluding diaryl/α,β-unsaturated/α-hetero) is 1. The number of methoxy groups -OCH3 is 1. The van der Waals surface area contributed by atoms with E-state index in [9.17, 15) is 37.5 Å². The summed E-state index contributed by atoms with van der Waals surface area (Å²) in [6.07, 6.45) is -1.70. The van der Waals surface area contributed by atoms with Crippen LogP contribution in [0, 0.1) is 17.8 Å². The summed E-state index contributed by atoms with van der Waals surface area (Å²) in [6.45, 7) is 1.52. The van der Waals surface area contributed by atoms with E-state index < -0.39 is 53.2 Å². The second kappa shape index (κ2) is 10.3. The van der Waals surface area contributed by atoms with Crippen LogP contribution < -0.4 is 9.75 Å². The molecule has 0 unspecified atom stereocenters. The predicted molar refractivity (Wildman–Crippen MR) is 150 cm³/mol. The summed E-state index contributed by atoms with van der Waals surface area (Å²) in [5.74, 6) is -5.85. The number of anilines is 1. The van der Waals surface area contributed by atoms with E-state index in [2.05, 4.69) is 4.98 Å². The van der Waals surface area contributed by atoms with Crippen molar-refractivity contribution >= 4 is 40.8 Å². The maximum Gasteiger partial charge on any atom is 0.433 e. The Kier molecular flexibility index (Phi) is 6.95. The van der Waals surface area contributed by atoms with Crippen molar-refractivity contribution in [1.82, 2.24) is 9.99 Å². The minimum atomic E-state index is -4.79. The standard InChI is InChI=1S/C31H25ClF3N3O6/c1-13-10-22(40)26-19(27(13)41)12-18-15(24(26)16-5-4-14(44-3)11-21(16)39)6-7-17-25(18)30(43)38(29(17)42)37(2)28-20(32)8-9-23(36-28)31(33,34)35/h4-6,8-11,17-18,24-25,39H,7,12H2,1-3H3/t17-,18+,24+,25-/m0/s1. The number of aromatic hydroxyl groups is 1. The molecule has 0 saturated carbocycles. The number of carbonyl (C=O) groups is 4. The molecule has 1 fully saturated rings. The maximum absolute atomic E-state index is 14.1. The number of phenolic OH excluding ortho intramolecular Hbond substituents is 1. The Hall–Kier alpha value is -4.45. The van der Waals surface area contributed by atoms with Gasteiger partial charge in [0.25, 0.3) is 11.8 Å². The van der Waals surface area contributed by atoms with E-state index in [0.29, 0.717) is 23.0 Å². The van der Waals surface area contributed by atoms with Crippen LogP contribution in [0.15, 0.2) is 64.8 Å². The second-order valence-corrected chi connectivity index (χ2v) is 11.6. The molecule has 44 heavy (non-hydrogen) atoms. The highest BCUT2D eigenvalue weighted by atomic mass is 35.5. The third-order valence-corrected chi connectivity index (χ3v) is 9.11.